The second-order valence-electron chi connectivity index (χ2n) is 4.04. The van der Waals surface area contributed by atoms with E-state index < -0.39 is 0 Å². The first kappa shape index (κ1) is 12.9. The summed E-state index contributed by atoms with van der Waals surface area (Å²) in [7, 11) is 0. The van der Waals surface area contributed by atoms with Gasteiger partial charge in [0, 0.05) is 18.7 Å². The SMILES string of the molecule is CCC(CCO)NC(CC)C(C)C. The van der Waals surface area contributed by atoms with E-state index in [0.717, 1.165) is 12.8 Å². The molecule has 2 unspecified atom stereocenters. The summed E-state index contributed by atoms with van der Waals surface area (Å²) in [4.78, 5) is 0. The molecule has 0 saturated carbocycles. The van der Waals surface area contributed by atoms with Crippen molar-refractivity contribution in [3.8, 4) is 0 Å². The van der Waals surface area contributed by atoms with Crippen LogP contribution >= 0.6 is 0 Å². The normalized spacial score (nSPS) is 16.2. The second-order valence-corrected chi connectivity index (χ2v) is 4.04. The number of aliphatic hydroxyl groups excluding tert-OH is 1. The minimum absolute atomic E-state index is 0.292. The molecule has 2 nitrogen and oxygen atoms in total. The number of hydrogen-bond donors (Lipinski definition) is 2. The van der Waals surface area contributed by atoms with Crippen LogP contribution in [0.15, 0.2) is 0 Å². The monoisotopic (exact) mass is 187 g/mol. The highest BCUT2D eigenvalue weighted by Crippen LogP contribution is 2.08. The van der Waals surface area contributed by atoms with Gasteiger partial charge in [-0.1, -0.05) is 27.7 Å². The van der Waals surface area contributed by atoms with Crippen molar-refractivity contribution < 1.29 is 5.11 Å². The van der Waals surface area contributed by atoms with Crippen LogP contribution in [0.2, 0.25) is 0 Å². The molecule has 2 heteroatoms. The highest BCUT2D eigenvalue weighted by Gasteiger charge is 2.14. The van der Waals surface area contributed by atoms with E-state index in [1.54, 1.807) is 0 Å². The van der Waals surface area contributed by atoms with Crippen LogP contribution in [0, 0.1) is 5.92 Å². The molecule has 0 aromatic heterocycles. The molecule has 0 spiro atoms. The summed E-state index contributed by atoms with van der Waals surface area (Å²) in [6.07, 6.45) is 3.14. The fourth-order valence-corrected chi connectivity index (χ4v) is 1.65. The van der Waals surface area contributed by atoms with Gasteiger partial charge in [-0.2, -0.15) is 0 Å². The van der Waals surface area contributed by atoms with Crippen LogP contribution in [0.4, 0.5) is 0 Å². The van der Waals surface area contributed by atoms with Crippen molar-refractivity contribution in [2.45, 2.75) is 59.0 Å². The summed E-state index contributed by atoms with van der Waals surface area (Å²) >= 11 is 0. The van der Waals surface area contributed by atoms with Gasteiger partial charge < -0.3 is 10.4 Å². The largest absolute Gasteiger partial charge is 0.396 e. The zero-order chi connectivity index (χ0) is 10.3. The first-order chi connectivity index (χ1) is 6.15. The van der Waals surface area contributed by atoms with Crippen LogP contribution in [-0.4, -0.2) is 23.8 Å². The molecule has 0 rings (SSSR count). The third kappa shape index (κ3) is 5.27. The van der Waals surface area contributed by atoms with Gasteiger partial charge in [-0.05, 0) is 25.2 Å². The molecule has 0 aromatic rings. The molecule has 0 heterocycles. The molecule has 0 fully saturated rings. The van der Waals surface area contributed by atoms with Gasteiger partial charge in [0.1, 0.15) is 0 Å². The van der Waals surface area contributed by atoms with Crippen LogP contribution in [0.5, 0.6) is 0 Å². The summed E-state index contributed by atoms with van der Waals surface area (Å²) in [5.41, 5.74) is 0. The Morgan fingerprint density at radius 1 is 1.15 bits per heavy atom. The summed E-state index contributed by atoms with van der Waals surface area (Å²) in [5.74, 6) is 0.678. The van der Waals surface area contributed by atoms with E-state index in [0.29, 0.717) is 24.6 Å². The molecule has 13 heavy (non-hydrogen) atoms. The Labute approximate surface area is 82.7 Å². The lowest BCUT2D eigenvalue weighted by Crippen LogP contribution is -2.41. The molecule has 0 aliphatic heterocycles. The molecule has 0 aliphatic rings. The van der Waals surface area contributed by atoms with Gasteiger partial charge in [0.2, 0.25) is 0 Å². The van der Waals surface area contributed by atoms with Gasteiger partial charge in [0.25, 0.3) is 0 Å². The van der Waals surface area contributed by atoms with E-state index in [-0.39, 0.29) is 0 Å². The Morgan fingerprint density at radius 3 is 2.08 bits per heavy atom. The topological polar surface area (TPSA) is 32.3 Å². The highest BCUT2D eigenvalue weighted by molar-refractivity contribution is 4.74. The Bertz CT molecular complexity index is 115. The summed E-state index contributed by atoms with van der Waals surface area (Å²) < 4.78 is 0. The minimum Gasteiger partial charge on any atom is -0.396 e. The number of nitrogens with one attached hydrogen (secondary N) is 1. The maximum Gasteiger partial charge on any atom is 0.0445 e. The van der Waals surface area contributed by atoms with Crippen LogP contribution in [0.3, 0.4) is 0 Å². The van der Waals surface area contributed by atoms with Gasteiger partial charge in [-0.15, -0.1) is 0 Å². The van der Waals surface area contributed by atoms with Crippen LogP contribution in [-0.2, 0) is 0 Å². The molecular formula is C11H25NO. The molecule has 0 aliphatic carbocycles. The lowest BCUT2D eigenvalue weighted by atomic mass is 9.99. The van der Waals surface area contributed by atoms with Crippen LogP contribution in [0.1, 0.15) is 47.0 Å². The molecular weight excluding hydrogens is 162 g/mol. The molecule has 0 saturated heterocycles. The Kier molecular flexibility index (Phi) is 7.29. The zero-order valence-corrected chi connectivity index (χ0v) is 9.51. The van der Waals surface area contributed by atoms with Gasteiger partial charge in [0.15, 0.2) is 0 Å². The fraction of sp³-hybridized carbons (Fsp3) is 1.00. The molecule has 0 aromatic carbocycles. The third-order valence-corrected chi connectivity index (χ3v) is 2.66. The Morgan fingerprint density at radius 2 is 1.77 bits per heavy atom. The van der Waals surface area contributed by atoms with Gasteiger partial charge >= 0.3 is 0 Å². The molecule has 0 radical (unpaired) electrons. The fourth-order valence-electron chi connectivity index (χ4n) is 1.65. The first-order valence-electron chi connectivity index (χ1n) is 5.52. The van der Waals surface area contributed by atoms with E-state index in [9.17, 15) is 0 Å². The van der Waals surface area contributed by atoms with E-state index in [4.69, 9.17) is 5.11 Å². The molecule has 0 amide bonds. The standard InChI is InChI=1S/C11H25NO/c1-5-10(7-8-13)12-11(6-2)9(3)4/h9-13H,5-8H2,1-4H3. The first-order valence-corrected chi connectivity index (χ1v) is 5.52. The summed E-state index contributed by atoms with van der Waals surface area (Å²) in [6, 6.07) is 1.08. The third-order valence-electron chi connectivity index (χ3n) is 2.66. The van der Waals surface area contributed by atoms with Gasteiger partial charge in [0.05, 0.1) is 0 Å². The highest BCUT2D eigenvalue weighted by atomic mass is 16.3. The predicted octanol–water partition coefficient (Wildman–Crippen LogP) is 2.17. The second kappa shape index (κ2) is 7.34. The number of aliphatic hydroxyl groups is 1. The number of hydrogen-bond acceptors (Lipinski definition) is 2. The molecule has 80 valence electrons. The molecule has 2 N–H and O–H groups in total. The Balaban J connectivity index is 3.87. The average Bonchev–Trinajstić information content (AvgIpc) is 2.11. The van der Waals surface area contributed by atoms with Crippen molar-refractivity contribution >= 4 is 0 Å². The van der Waals surface area contributed by atoms with Crippen molar-refractivity contribution in [2.24, 2.45) is 5.92 Å². The van der Waals surface area contributed by atoms with Gasteiger partial charge in [-0.3, -0.25) is 0 Å². The molecule has 2 atom stereocenters. The van der Waals surface area contributed by atoms with E-state index in [2.05, 4.69) is 33.0 Å². The average molecular weight is 187 g/mol. The van der Waals surface area contributed by atoms with Crippen molar-refractivity contribution in [1.29, 1.82) is 0 Å². The smallest absolute Gasteiger partial charge is 0.0445 e. The summed E-state index contributed by atoms with van der Waals surface area (Å²) in [5, 5.41) is 12.4. The van der Waals surface area contributed by atoms with Crippen molar-refractivity contribution in [3.63, 3.8) is 0 Å². The van der Waals surface area contributed by atoms with Crippen molar-refractivity contribution in [2.75, 3.05) is 6.61 Å². The quantitative estimate of drug-likeness (QED) is 0.640. The predicted molar refractivity (Wildman–Crippen MR) is 57.8 cm³/mol. The Hall–Kier alpha value is -0.0800. The minimum atomic E-state index is 0.292. The zero-order valence-electron chi connectivity index (χ0n) is 9.51. The van der Waals surface area contributed by atoms with E-state index in [1.165, 1.54) is 6.42 Å². The maximum absolute atomic E-state index is 8.85. The van der Waals surface area contributed by atoms with Gasteiger partial charge in [-0.25, -0.2) is 0 Å². The molecule has 0 bridgehead atoms. The summed E-state index contributed by atoms with van der Waals surface area (Å²) in [6.45, 7) is 9.16. The van der Waals surface area contributed by atoms with Crippen LogP contribution in [0.25, 0.3) is 0 Å². The van der Waals surface area contributed by atoms with Crippen molar-refractivity contribution in [3.05, 3.63) is 0 Å². The lowest BCUT2D eigenvalue weighted by molar-refractivity contribution is 0.244. The van der Waals surface area contributed by atoms with Crippen LogP contribution < -0.4 is 5.32 Å². The van der Waals surface area contributed by atoms with Crippen molar-refractivity contribution in [1.82, 2.24) is 5.32 Å². The van der Waals surface area contributed by atoms with E-state index in [1.807, 2.05) is 0 Å². The van der Waals surface area contributed by atoms with E-state index >= 15 is 0 Å². The lowest BCUT2D eigenvalue weighted by Gasteiger charge is -2.26. The maximum atomic E-state index is 8.85. The number of rotatable bonds is 7.